The lowest BCUT2D eigenvalue weighted by Crippen LogP contribution is -2.53. The zero-order chi connectivity index (χ0) is 18.7. The molecule has 0 aliphatic heterocycles. The molecule has 0 amide bonds. The molecule has 0 saturated heterocycles. The van der Waals surface area contributed by atoms with E-state index in [1.807, 2.05) is 13.0 Å². The standard InChI is InChI=1S/C24H36O2/c1-5-11-24(16(2)25)14-10-21-19-7-6-17-15-18(26)8-12-22(17,3)20(19)9-13-23(21,24)4/h5-6,18-21,26H,1,7-15H2,2-4H3/t18?,19-,20+,21+,22+,23+,24-/m1/s1. The van der Waals surface area contributed by atoms with Gasteiger partial charge >= 0.3 is 0 Å². The molecule has 3 saturated carbocycles. The molecule has 0 radical (unpaired) electrons. The summed E-state index contributed by atoms with van der Waals surface area (Å²) in [7, 11) is 0. The maximum Gasteiger partial charge on any atom is 0.136 e. The maximum atomic E-state index is 12.8. The number of ketones is 1. The molecule has 7 atom stereocenters. The van der Waals surface area contributed by atoms with Gasteiger partial charge in [0.1, 0.15) is 5.78 Å². The van der Waals surface area contributed by atoms with Crippen molar-refractivity contribution in [2.24, 2.45) is 34.0 Å². The van der Waals surface area contributed by atoms with E-state index in [0.717, 1.165) is 44.4 Å². The Morgan fingerprint density at radius 2 is 1.96 bits per heavy atom. The number of aliphatic hydroxyl groups excluding tert-OH is 1. The minimum absolute atomic E-state index is 0.129. The van der Waals surface area contributed by atoms with Crippen LogP contribution < -0.4 is 0 Å². The fourth-order valence-electron chi connectivity index (χ4n) is 8.08. The van der Waals surface area contributed by atoms with Crippen molar-refractivity contribution in [1.82, 2.24) is 0 Å². The third-order valence-electron chi connectivity index (χ3n) is 9.61. The van der Waals surface area contributed by atoms with Gasteiger partial charge in [0.2, 0.25) is 0 Å². The highest BCUT2D eigenvalue weighted by Crippen LogP contribution is 2.70. The first kappa shape index (κ1) is 18.5. The van der Waals surface area contributed by atoms with Crippen molar-refractivity contribution in [2.75, 3.05) is 0 Å². The number of carbonyl (C=O) groups is 1. The Kier molecular flexibility index (Phi) is 4.30. The summed E-state index contributed by atoms with van der Waals surface area (Å²) in [5.41, 5.74) is 1.76. The van der Waals surface area contributed by atoms with Crippen LogP contribution in [0.3, 0.4) is 0 Å². The molecule has 0 aromatic heterocycles. The number of aliphatic hydroxyl groups is 1. The Bertz CT molecular complexity index is 649. The van der Waals surface area contributed by atoms with Gasteiger partial charge in [-0.1, -0.05) is 31.6 Å². The molecule has 3 fully saturated rings. The van der Waals surface area contributed by atoms with E-state index < -0.39 is 0 Å². The molecule has 0 aromatic carbocycles. The van der Waals surface area contributed by atoms with Crippen molar-refractivity contribution in [3.8, 4) is 0 Å². The van der Waals surface area contributed by atoms with Crippen LogP contribution in [0.1, 0.15) is 78.6 Å². The molecule has 4 aliphatic carbocycles. The quantitative estimate of drug-likeness (QED) is 0.682. The van der Waals surface area contributed by atoms with E-state index in [1.54, 1.807) is 0 Å². The van der Waals surface area contributed by atoms with E-state index in [0.29, 0.717) is 17.6 Å². The van der Waals surface area contributed by atoms with E-state index >= 15 is 0 Å². The summed E-state index contributed by atoms with van der Waals surface area (Å²) in [5, 5.41) is 10.2. The van der Waals surface area contributed by atoms with Gasteiger partial charge in [-0.3, -0.25) is 4.79 Å². The van der Waals surface area contributed by atoms with Crippen molar-refractivity contribution < 1.29 is 9.90 Å². The first-order valence-corrected chi connectivity index (χ1v) is 10.8. The van der Waals surface area contributed by atoms with Gasteiger partial charge in [-0.2, -0.15) is 0 Å². The number of hydrogen-bond acceptors (Lipinski definition) is 2. The van der Waals surface area contributed by atoms with Crippen molar-refractivity contribution in [2.45, 2.75) is 84.7 Å². The zero-order valence-corrected chi connectivity index (χ0v) is 16.9. The molecule has 0 bridgehead atoms. The monoisotopic (exact) mass is 356 g/mol. The number of allylic oxidation sites excluding steroid dienone is 2. The summed E-state index contributed by atoms with van der Waals surface area (Å²) in [6.45, 7) is 10.7. The highest BCUT2D eigenvalue weighted by Gasteiger charge is 2.64. The third kappa shape index (κ3) is 2.23. The minimum Gasteiger partial charge on any atom is -0.393 e. The largest absolute Gasteiger partial charge is 0.393 e. The number of fused-ring (bicyclic) bond motifs is 5. The fraction of sp³-hybridized carbons (Fsp3) is 0.792. The summed E-state index contributed by atoms with van der Waals surface area (Å²) in [6, 6.07) is 0. The lowest BCUT2D eigenvalue weighted by Gasteiger charge is -2.59. The molecule has 2 heteroatoms. The zero-order valence-electron chi connectivity index (χ0n) is 16.9. The SMILES string of the molecule is C=CC[C@]1(C(C)=O)CC[C@H]2[C@@H]3CC=C4CC(O)CC[C@]4(C)[C@H]3CC[C@@]21C. The number of rotatable bonds is 3. The topological polar surface area (TPSA) is 37.3 Å². The van der Waals surface area contributed by atoms with E-state index in [1.165, 1.54) is 24.8 Å². The van der Waals surface area contributed by atoms with Crippen LogP contribution in [0.15, 0.2) is 24.3 Å². The normalized spacial score (nSPS) is 50.2. The van der Waals surface area contributed by atoms with Crippen LogP contribution in [0.25, 0.3) is 0 Å². The van der Waals surface area contributed by atoms with Crippen LogP contribution in [-0.4, -0.2) is 17.0 Å². The Morgan fingerprint density at radius 1 is 1.23 bits per heavy atom. The van der Waals surface area contributed by atoms with Gasteiger partial charge in [0.25, 0.3) is 0 Å². The number of hydrogen-bond donors (Lipinski definition) is 1. The average molecular weight is 357 g/mol. The fourth-order valence-corrected chi connectivity index (χ4v) is 8.08. The first-order valence-electron chi connectivity index (χ1n) is 10.8. The number of carbonyl (C=O) groups excluding carboxylic acids is 1. The molecule has 144 valence electrons. The lowest BCUT2D eigenvalue weighted by molar-refractivity contribution is -0.140. The average Bonchev–Trinajstić information content (AvgIpc) is 2.90. The van der Waals surface area contributed by atoms with Crippen LogP contribution in [0.5, 0.6) is 0 Å². The molecule has 1 N–H and O–H groups in total. The second-order valence-electron chi connectivity index (χ2n) is 10.3. The van der Waals surface area contributed by atoms with Crippen LogP contribution in [0, 0.1) is 34.0 Å². The third-order valence-corrected chi connectivity index (χ3v) is 9.61. The van der Waals surface area contributed by atoms with Gasteiger partial charge in [-0.05, 0) is 93.3 Å². The van der Waals surface area contributed by atoms with Crippen molar-refractivity contribution in [3.05, 3.63) is 24.3 Å². The van der Waals surface area contributed by atoms with Crippen molar-refractivity contribution in [1.29, 1.82) is 0 Å². The molecule has 4 aliphatic rings. The molecule has 0 spiro atoms. The van der Waals surface area contributed by atoms with E-state index in [9.17, 15) is 9.90 Å². The summed E-state index contributed by atoms with van der Waals surface area (Å²) >= 11 is 0. The van der Waals surface area contributed by atoms with Crippen LogP contribution in [0.2, 0.25) is 0 Å². The van der Waals surface area contributed by atoms with Gasteiger partial charge in [0.05, 0.1) is 6.10 Å². The van der Waals surface area contributed by atoms with E-state index in [-0.39, 0.29) is 22.3 Å². The number of Topliss-reactive ketones (excluding diaryl/α,β-unsaturated/α-hetero) is 1. The summed E-state index contributed by atoms with van der Waals surface area (Å²) in [6.07, 6.45) is 14.0. The van der Waals surface area contributed by atoms with Gasteiger partial charge in [-0.15, -0.1) is 6.58 Å². The van der Waals surface area contributed by atoms with Gasteiger partial charge in [0.15, 0.2) is 0 Å². The molecule has 0 aromatic rings. The Labute approximate surface area is 159 Å². The molecule has 1 unspecified atom stereocenters. The Balaban J connectivity index is 1.70. The molecule has 2 nitrogen and oxygen atoms in total. The van der Waals surface area contributed by atoms with Gasteiger partial charge in [-0.25, -0.2) is 0 Å². The Hall–Kier alpha value is -0.890. The summed E-state index contributed by atoms with van der Waals surface area (Å²) in [4.78, 5) is 12.8. The highest BCUT2D eigenvalue weighted by molar-refractivity contribution is 5.84. The molecule has 4 rings (SSSR count). The highest BCUT2D eigenvalue weighted by atomic mass is 16.3. The second-order valence-corrected chi connectivity index (χ2v) is 10.3. The van der Waals surface area contributed by atoms with Crippen molar-refractivity contribution in [3.63, 3.8) is 0 Å². The second kappa shape index (κ2) is 6.06. The molecular formula is C24H36O2. The van der Waals surface area contributed by atoms with E-state index in [2.05, 4.69) is 26.5 Å². The van der Waals surface area contributed by atoms with Crippen LogP contribution >= 0.6 is 0 Å². The predicted octanol–water partition coefficient (Wildman–Crippen LogP) is 5.46. The molecule has 0 heterocycles. The lowest BCUT2D eigenvalue weighted by atomic mass is 9.45. The molecule has 26 heavy (non-hydrogen) atoms. The molecular weight excluding hydrogens is 320 g/mol. The smallest absolute Gasteiger partial charge is 0.136 e. The van der Waals surface area contributed by atoms with Gasteiger partial charge < -0.3 is 5.11 Å². The van der Waals surface area contributed by atoms with Crippen LogP contribution in [-0.2, 0) is 4.79 Å². The Morgan fingerprint density at radius 3 is 2.65 bits per heavy atom. The first-order chi connectivity index (χ1) is 12.3. The summed E-state index contributed by atoms with van der Waals surface area (Å²) in [5.74, 6) is 2.50. The summed E-state index contributed by atoms with van der Waals surface area (Å²) < 4.78 is 0. The predicted molar refractivity (Wildman–Crippen MR) is 106 cm³/mol. The maximum absolute atomic E-state index is 12.8. The van der Waals surface area contributed by atoms with E-state index in [4.69, 9.17) is 0 Å². The minimum atomic E-state index is -0.182. The van der Waals surface area contributed by atoms with Crippen molar-refractivity contribution >= 4 is 5.78 Å². The van der Waals surface area contributed by atoms with Gasteiger partial charge in [0, 0.05) is 5.41 Å². The van der Waals surface area contributed by atoms with Crippen LogP contribution in [0.4, 0.5) is 0 Å².